The van der Waals surface area contributed by atoms with E-state index in [0.717, 1.165) is 11.3 Å². The average molecular weight is 331 g/mol. The summed E-state index contributed by atoms with van der Waals surface area (Å²) in [4.78, 5) is 29.2. The molecule has 114 valence electrons. The van der Waals surface area contributed by atoms with E-state index in [-0.39, 0.29) is 11.5 Å². The third-order valence-corrected chi connectivity index (χ3v) is 4.13. The molecule has 2 N–H and O–H groups in total. The van der Waals surface area contributed by atoms with Crippen LogP contribution in [-0.4, -0.2) is 35.9 Å². The van der Waals surface area contributed by atoms with Gasteiger partial charge in [0.05, 0.1) is 10.2 Å². The fraction of sp³-hybridized carbons (Fsp3) is 0. The molecule has 0 saturated carbocycles. The predicted molar refractivity (Wildman–Crippen MR) is 78.9 cm³/mol. The lowest BCUT2D eigenvalue weighted by molar-refractivity contribution is 0.102. The van der Waals surface area contributed by atoms with Gasteiger partial charge in [-0.05, 0) is 23.4 Å². The maximum Gasteiger partial charge on any atom is 0.271 e. The van der Waals surface area contributed by atoms with Gasteiger partial charge in [0.25, 0.3) is 17.4 Å². The summed E-state index contributed by atoms with van der Waals surface area (Å²) in [6.07, 6.45) is 1.17. The molecule has 3 heterocycles. The lowest BCUT2D eigenvalue weighted by Gasteiger charge is -2.01. The molecule has 9 nitrogen and oxygen atoms in total. The highest BCUT2D eigenvalue weighted by Crippen LogP contribution is 2.24. The van der Waals surface area contributed by atoms with Crippen LogP contribution in [-0.2, 0) is 0 Å². The van der Waals surface area contributed by atoms with Crippen molar-refractivity contribution in [1.29, 1.82) is 0 Å². The van der Waals surface area contributed by atoms with Crippen LogP contribution in [0.1, 0.15) is 10.4 Å². The van der Waals surface area contributed by atoms with E-state index in [0.29, 0.717) is 15.2 Å². The smallest absolute Gasteiger partial charge is 0.271 e. The number of nitrogens with one attached hydrogen (secondary N) is 2. The lowest BCUT2D eigenvalue weighted by atomic mass is 10.3. The molecule has 4 rings (SSSR count). The molecule has 0 unspecified atom stereocenters. The topological polar surface area (TPSA) is 118 Å². The standard InChI is InChI=1S/C12H6FN7O2S/c13-5-1-2-7-8(3-5)23-12-14-4-6(10(22)20(7)12)9(21)15-11-16-18-19-17-11/h1-4H,(H2,15,16,17,18,19,21). The summed E-state index contributed by atoms with van der Waals surface area (Å²) in [6, 6.07) is 4.03. The van der Waals surface area contributed by atoms with E-state index in [1.165, 1.54) is 28.8 Å². The van der Waals surface area contributed by atoms with Gasteiger partial charge in [0.1, 0.15) is 11.4 Å². The van der Waals surface area contributed by atoms with Crippen molar-refractivity contribution in [3.63, 3.8) is 0 Å². The van der Waals surface area contributed by atoms with Gasteiger partial charge < -0.3 is 0 Å². The Labute approximate surface area is 129 Å². The van der Waals surface area contributed by atoms with Crippen LogP contribution in [0.5, 0.6) is 0 Å². The number of fused-ring (bicyclic) bond motifs is 3. The summed E-state index contributed by atoms with van der Waals surface area (Å²) in [7, 11) is 0. The number of halogens is 1. The Hall–Kier alpha value is -3.21. The van der Waals surface area contributed by atoms with Gasteiger partial charge in [-0.3, -0.25) is 19.3 Å². The number of benzene rings is 1. The highest BCUT2D eigenvalue weighted by molar-refractivity contribution is 7.23. The molecule has 3 aromatic heterocycles. The molecule has 0 aliphatic carbocycles. The molecule has 11 heteroatoms. The van der Waals surface area contributed by atoms with E-state index in [1.807, 2.05) is 0 Å². The van der Waals surface area contributed by atoms with Crippen LogP contribution in [0.3, 0.4) is 0 Å². The number of carbonyl (C=O) groups excluding carboxylic acids is 1. The number of aromatic amines is 1. The van der Waals surface area contributed by atoms with Gasteiger partial charge in [-0.25, -0.2) is 9.37 Å². The summed E-state index contributed by atoms with van der Waals surface area (Å²) < 4.78 is 15.1. The zero-order valence-electron chi connectivity index (χ0n) is 11.1. The van der Waals surface area contributed by atoms with Crippen molar-refractivity contribution in [2.45, 2.75) is 0 Å². The molecule has 0 aliphatic rings. The molecule has 0 spiro atoms. The van der Waals surface area contributed by atoms with E-state index < -0.39 is 17.3 Å². The maximum absolute atomic E-state index is 13.3. The maximum atomic E-state index is 13.3. The largest absolute Gasteiger partial charge is 0.288 e. The monoisotopic (exact) mass is 331 g/mol. The molecule has 0 aliphatic heterocycles. The second-order valence-electron chi connectivity index (χ2n) is 4.50. The molecule has 0 fully saturated rings. The minimum absolute atomic E-state index is 0.0586. The Morgan fingerprint density at radius 3 is 3.04 bits per heavy atom. The second-order valence-corrected chi connectivity index (χ2v) is 5.51. The molecule has 0 saturated heterocycles. The number of thiazole rings is 1. The van der Waals surface area contributed by atoms with E-state index >= 15 is 0 Å². The first-order chi connectivity index (χ1) is 11.1. The van der Waals surface area contributed by atoms with E-state index in [2.05, 4.69) is 30.9 Å². The van der Waals surface area contributed by atoms with Crippen LogP contribution in [0, 0.1) is 5.82 Å². The van der Waals surface area contributed by atoms with Crippen molar-refractivity contribution in [1.82, 2.24) is 30.0 Å². The summed E-state index contributed by atoms with van der Waals surface area (Å²) in [5, 5.41) is 15.0. The molecule has 0 atom stereocenters. The highest BCUT2D eigenvalue weighted by Gasteiger charge is 2.17. The Morgan fingerprint density at radius 2 is 2.26 bits per heavy atom. The van der Waals surface area contributed by atoms with Crippen molar-refractivity contribution < 1.29 is 9.18 Å². The van der Waals surface area contributed by atoms with Gasteiger partial charge in [0, 0.05) is 6.20 Å². The Bertz CT molecular complexity index is 1100. The molecular formula is C12H6FN7O2S. The first-order valence-electron chi connectivity index (χ1n) is 6.28. The van der Waals surface area contributed by atoms with Gasteiger partial charge >= 0.3 is 0 Å². The molecule has 23 heavy (non-hydrogen) atoms. The average Bonchev–Trinajstić information content (AvgIpc) is 3.14. The van der Waals surface area contributed by atoms with Gasteiger partial charge in [-0.1, -0.05) is 16.4 Å². The van der Waals surface area contributed by atoms with Crippen LogP contribution in [0.2, 0.25) is 0 Å². The van der Waals surface area contributed by atoms with Gasteiger partial charge in [-0.15, -0.1) is 5.10 Å². The molecular weight excluding hydrogens is 325 g/mol. The van der Waals surface area contributed by atoms with Crippen LogP contribution in [0.25, 0.3) is 15.2 Å². The first kappa shape index (κ1) is 13.5. The molecule has 0 bridgehead atoms. The normalized spacial score (nSPS) is 11.2. The van der Waals surface area contributed by atoms with Gasteiger partial charge in [0.15, 0.2) is 4.96 Å². The van der Waals surface area contributed by atoms with Crippen molar-refractivity contribution in [2.75, 3.05) is 5.32 Å². The fourth-order valence-corrected chi connectivity index (χ4v) is 3.13. The first-order valence-corrected chi connectivity index (χ1v) is 7.10. The minimum Gasteiger partial charge on any atom is -0.288 e. The summed E-state index contributed by atoms with van der Waals surface area (Å²) >= 11 is 1.16. The Morgan fingerprint density at radius 1 is 1.39 bits per heavy atom. The number of hydrogen-bond acceptors (Lipinski definition) is 7. The van der Waals surface area contributed by atoms with Gasteiger partial charge in [-0.2, -0.15) is 5.21 Å². The lowest BCUT2D eigenvalue weighted by Crippen LogP contribution is -2.26. The molecule has 0 radical (unpaired) electrons. The number of rotatable bonds is 2. The number of nitrogens with zero attached hydrogens (tertiary/aromatic N) is 5. The van der Waals surface area contributed by atoms with Crippen molar-refractivity contribution >= 4 is 38.4 Å². The van der Waals surface area contributed by atoms with Gasteiger partial charge in [0.2, 0.25) is 0 Å². The number of carbonyl (C=O) groups is 1. The van der Waals surface area contributed by atoms with Crippen molar-refractivity contribution in [3.05, 3.63) is 46.1 Å². The Kier molecular flexibility index (Phi) is 2.87. The number of amides is 1. The van der Waals surface area contributed by atoms with E-state index in [1.54, 1.807) is 0 Å². The van der Waals surface area contributed by atoms with E-state index in [9.17, 15) is 14.0 Å². The Balaban J connectivity index is 1.88. The zero-order chi connectivity index (χ0) is 16.0. The van der Waals surface area contributed by atoms with Crippen molar-refractivity contribution in [2.24, 2.45) is 0 Å². The number of tetrazole rings is 1. The minimum atomic E-state index is -0.709. The third kappa shape index (κ3) is 2.14. The number of aromatic nitrogens is 6. The van der Waals surface area contributed by atoms with Crippen LogP contribution in [0.15, 0.2) is 29.2 Å². The highest BCUT2D eigenvalue weighted by atomic mass is 32.1. The van der Waals surface area contributed by atoms with Crippen LogP contribution in [0.4, 0.5) is 10.3 Å². The van der Waals surface area contributed by atoms with Crippen molar-refractivity contribution in [3.8, 4) is 0 Å². The zero-order valence-corrected chi connectivity index (χ0v) is 12.0. The SMILES string of the molecule is O=C(Nc1nn[nH]n1)c1cnc2sc3cc(F)ccc3n2c1=O. The summed E-state index contributed by atoms with van der Waals surface area (Å²) in [6.45, 7) is 0. The second kappa shape index (κ2) is 4.91. The number of anilines is 1. The number of hydrogen-bond donors (Lipinski definition) is 2. The van der Waals surface area contributed by atoms with Crippen LogP contribution < -0.4 is 10.9 Å². The predicted octanol–water partition coefficient (Wildman–Crippen LogP) is 0.814. The molecule has 4 aromatic rings. The summed E-state index contributed by atoms with van der Waals surface area (Å²) in [5.74, 6) is -1.18. The van der Waals surface area contributed by atoms with Crippen LogP contribution >= 0.6 is 11.3 Å². The number of H-pyrrole nitrogens is 1. The molecule has 1 aromatic carbocycles. The fourth-order valence-electron chi connectivity index (χ4n) is 2.12. The van der Waals surface area contributed by atoms with E-state index in [4.69, 9.17) is 0 Å². The summed E-state index contributed by atoms with van der Waals surface area (Å²) in [5.41, 5.74) is -0.261. The quantitative estimate of drug-likeness (QED) is 0.561. The molecule has 1 amide bonds. The third-order valence-electron chi connectivity index (χ3n) is 3.11.